The molecule has 0 bridgehead atoms. The summed E-state index contributed by atoms with van der Waals surface area (Å²) in [6.07, 6.45) is 5.00. The predicted molar refractivity (Wildman–Crippen MR) is 105 cm³/mol. The minimum Gasteiger partial charge on any atom is -0.356 e. The molecule has 0 atom stereocenters. The number of aromatic nitrogens is 2. The van der Waals surface area contributed by atoms with Crippen LogP contribution in [0.15, 0.2) is 41.9 Å². The molecule has 2 heterocycles. The highest BCUT2D eigenvalue weighted by atomic mass is 32.1. The summed E-state index contributed by atoms with van der Waals surface area (Å²) in [7, 11) is 0. The van der Waals surface area contributed by atoms with Gasteiger partial charge in [-0.2, -0.15) is 0 Å². The van der Waals surface area contributed by atoms with Gasteiger partial charge in [-0.3, -0.25) is 14.9 Å². The molecule has 2 N–H and O–H groups in total. The number of ketones is 1. The molecule has 134 valence electrons. The van der Waals surface area contributed by atoms with Gasteiger partial charge in [0.15, 0.2) is 10.9 Å². The highest BCUT2D eigenvalue weighted by molar-refractivity contribution is 7.14. The molecule has 0 saturated heterocycles. The number of carbonyl (C=O) groups is 2. The molecule has 26 heavy (non-hydrogen) atoms. The van der Waals surface area contributed by atoms with E-state index in [0.717, 1.165) is 17.7 Å². The Morgan fingerprint density at radius 2 is 2.00 bits per heavy atom. The van der Waals surface area contributed by atoms with Crippen LogP contribution in [-0.4, -0.2) is 21.7 Å². The highest BCUT2D eigenvalue weighted by Crippen LogP contribution is 2.25. The molecule has 1 aromatic carbocycles. The van der Waals surface area contributed by atoms with E-state index in [4.69, 9.17) is 0 Å². The van der Waals surface area contributed by atoms with Crippen LogP contribution in [0.2, 0.25) is 0 Å². The molecule has 0 aliphatic rings. The van der Waals surface area contributed by atoms with Gasteiger partial charge < -0.3 is 4.98 Å². The first-order valence-electron chi connectivity index (χ1n) is 8.62. The van der Waals surface area contributed by atoms with Gasteiger partial charge in [0.2, 0.25) is 0 Å². The van der Waals surface area contributed by atoms with Crippen molar-refractivity contribution in [1.29, 1.82) is 0 Å². The maximum Gasteiger partial charge on any atom is 0.273 e. The van der Waals surface area contributed by atoms with Gasteiger partial charge in [0.05, 0.1) is 5.69 Å². The van der Waals surface area contributed by atoms with Crippen LogP contribution in [0.3, 0.4) is 0 Å². The SMILES string of the molecule is CCCCc1ccc(-c2csc(NC(=O)c3cc(C(C)=O)c[nH]3)n2)cc1. The molecule has 0 unspecified atom stereocenters. The molecule has 0 radical (unpaired) electrons. The average molecular weight is 367 g/mol. The third-order valence-electron chi connectivity index (χ3n) is 4.13. The second-order valence-corrected chi connectivity index (χ2v) is 7.01. The summed E-state index contributed by atoms with van der Waals surface area (Å²) < 4.78 is 0. The Kier molecular flexibility index (Phi) is 5.63. The van der Waals surface area contributed by atoms with Crippen molar-refractivity contribution in [1.82, 2.24) is 9.97 Å². The molecule has 0 aliphatic carbocycles. The molecule has 5 nitrogen and oxygen atoms in total. The molecule has 0 aliphatic heterocycles. The first kappa shape index (κ1) is 18.1. The summed E-state index contributed by atoms with van der Waals surface area (Å²) in [5, 5.41) is 5.22. The number of aromatic amines is 1. The number of anilines is 1. The summed E-state index contributed by atoms with van der Waals surface area (Å²) in [6.45, 7) is 3.65. The Labute approximate surface area is 156 Å². The lowest BCUT2D eigenvalue weighted by atomic mass is 10.1. The Bertz CT molecular complexity index is 909. The van der Waals surface area contributed by atoms with E-state index in [0.29, 0.717) is 16.4 Å². The van der Waals surface area contributed by atoms with E-state index in [1.165, 1.54) is 42.9 Å². The maximum absolute atomic E-state index is 12.3. The second-order valence-electron chi connectivity index (χ2n) is 6.15. The van der Waals surface area contributed by atoms with Crippen LogP contribution in [-0.2, 0) is 6.42 Å². The Hall–Kier alpha value is -2.73. The third-order valence-corrected chi connectivity index (χ3v) is 4.89. The quantitative estimate of drug-likeness (QED) is 0.581. The fraction of sp³-hybridized carbons (Fsp3) is 0.250. The number of Topliss-reactive ketones (excluding diaryl/α,β-unsaturated/α-hetero) is 1. The Morgan fingerprint density at radius 1 is 1.23 bits per heavy atom. The monoisotopic (exact) mass is 367 g/mol. The Balaban J connectivity index is 1.67. The molecule has 0 saturated carbocycles. The van der Waals surface area contributed by atoms with E-state index >= 15 is 0 Å². The van der Waals surface area contributed by atoms with Crippen molar-refractivity contribution < 1.29 is 9.59 Å². The zero-order chi connectivity index (χ0) is 18.5. The van der Waals surface area contributed by atoms with Crippen LogP contribution < -0.4 is 5.32 Å². The van der Waals surface area contributed by atoms with Crippen molar-refractivity contribution in [2.45, 2.75) is 33.1 Å². The van der Waals surface area contributed by atoms with E-state index in [-0.39, 0.29) is 11.7 Å². The van der Waals surface area contributed by atoms with Crippen LogP contribution >= 0.6 is 11.3 Å². The standard InChI is InChI=1S/C20H21N3O2S/c1-3-4-5-14-6-8-15(9-7-14)18-12-26-20(22-18)23-19(25)17-10-16(11-21-17)13(2)24/h6-12,21H,3-5H2,1-2H3,(H,22,23,25). The normalized spacial score (nSPS) is 10.7. The topological polar surface area (TPSA) is 74.8 Å². The molecular weight excluding hydrogens is 346 g/mol. The number of unbranched alkanes of at least 4 members (excludes halogenated alkanes) is 1. The third kappa shape index (κ3) is 4.26. The number of rotatable bonds is 7. The lowest BCUT2D eigenvalue weighted by molar-refractivity contribution is 0.101. The Morgan fingerprint density at radius 3 is 2.65 bits per heavy atom. The first-order chi connectivity index (χ1) is 12.6. The molecule has 0 fully saturated rings. The van der Waals surface area contributed by atoms with Gasteiger partial charge in [0.25, 0.3) is 5.91 Å². The molecule has 6 heteroatoms. The molecule has 2 aromatic heterocycles. The van der Waals surface area contributed by atoms with Crippen LogP contribution in [0.25, 0.3) is 11.3 Å². The van der Waals surface area contributed by atoms with Crippen molar-refractivity contribution in [3.8, 4) is 11.3 Å². The van der Waals surface area contributed by atoms with E-state index in [9.17, 15) is 9.59 Å². The van der Waals surface area contributed by atoms with Crippen molar-refractivity contribution in [2.24, 2.45) is 0 Å². The number of nitrogens with zero attached hydrogens (tertiary/aromatic N) is 1. The number of benzene rings is 1. The van der Waals surface area contributed by atoms with Gasteiger partial charge in [-0.25, -0.2) is 4.98 Å². The molecular formula is C20H21N3O2S. The van der Waals surface area contributed by atoms with E-state index in [1.54, 1.807) is 6.07 Å². The van der Waals surface area contributed by atoms with Crippen molar-refractivity contribution in [2.75, 3.05) is 5.32 Å². The zero-order valence-corrected chi connectivity index (χ0v) is 15.7. The second kappa shape index (κ2) is 8.10. The first-order valence-corrected chi connectivity index (χ1v) is 9.50. The number of thiazole rings is 1. The van der Waals surface area contributed by atoms with Crippen LogP contribution in [0, 0.1) is 0 Å². The number of nitrogens with one attached hydrogen (secondary N) is 2. The minimum absolute atomic E-state index is 0.0841. The van der Waals surface area contributed by atoms with Gasteiger partial charge in [-0.15, -0.1) is 11.3 Å². The maximum atomic E-state index is 12.3. The summed E-state index contributed by atoms with van der Waals surface area (Å²) in [5.41, 5.74) is 4.02. The largest absolute Gasteiger partial charge is 0.356 e. The summed E-state index contributed by atoms with van der Waals surface area (Å²) in [5.74, 6) is -0.396. The number of amides is 1. The number of hydrogen-bond acceptors (Lipinski definition) is 4. The van der Waals surface area contributed by atoms with Crippen LogP contribution in [0.4, 0.5) is 5.13 Å². The highest BCUT2D eigenvalue weighted by Gasteiger charge is 2.13. The van der Waals surface area contributed by atoms with Crippen molar-refractivity contribution in [3.63, 3.8) is 0 Å². The minimum atomic E-state index is -0.312. The van der Waals surface area contributed by atoms with Gasteiger partial charge in [0, 0.05) is 22.7 Å². The van der Waals surface area contributed by atoms with Gasteiger partial charge in [0.1, 0.15) is 5.69 Å². The molecule has 3 aromatic rings. The number of carbonyl (C=O) groups excluding carboxylic acids is 2. The summed E-state index contributed by atoms with van der Waals surface area (Å²) in [4.78, 5) is 30.9. The van der Waals surface area contributed by atoms with E-state index in [1.807, 2.05) is 5.38 Å². The lowest BCUT2D eigenvalue weighted by Crippen LogP contribution is -2.12. The van der Waals surface area contributed by atoms with E-state index < -0.39 is 0 Å². The van der Waals surface area contributed by atoms with Crippen LogP contribution in [0.5, 0.6) is 0 Å². The summed E-state index contributed by atoms with van der Waals surface area (Å²) >= 11 is 1.37. The molecule has 3 rings (SSSR count). The summed E-state index contributed by atoms with van der Waals surface area (Å²) in [6, 6.07) is 9.93. The van der Waals surface area contributed by atoms with Crippen molar-refractivity contribution in [3.05, 3.63) is 58.7 Å². The lowest BCUT2D eigenvalue weighted by Gasteiger charge is -2.02. The number of aryl methyl sites for hydroxylation is 1. The van der Waals surface area contributed by atoms with Gasteiger partial charge in [-0.1, -0.05) is 37.6 Å². The fourth-order valence-corrected chi connectivity index (χ4v) is 3.29. The number of H-pyrrole nitrogens is 1. The molecule has 0 spiro atoms. The average Bonchev–Trinajstić information content (AvgIpc) is 3.30. The van der Waals surface area contributed by atoms with Gasteiger partial charge >= 0.3 is 0 Å². The van der Waals surface area contributed by atoms with E-state index in [2.05, 4.69) is 46.5 Å². The van der Waals surface area contributed by atoms with Crippen LogP contribution in [0.1, 0.15) is 53.1 Å². The predicted octanol–water partition coefficient (Wildman–Crippen LogP) is 4.94. The van der Waals surface area contributed by atoms with Gasteiger partial charge in [-0.05, 0) is 31.4 Å². The fourth-order valence-electron chi connectivity index (χ4n) is 2.58. The molecule has 1 amide bonds. The smallest absolute Gasteiger partial charge is 0.273 e. The zero-order valence-electron chi connectivity index (χ0n) is 14.8. The van der Waals surface area contributed by atoms with Crippen molar-refractivity contribution >= 4 is 28.2 Å². The number of hydrogen-bond donors (Lipinski definition) is 2.